The van der Waals surface area contributed by atoms with Crippen molar-refractivity contribution in [1.82, 2.24) is 26.6 Å². The highest BCUT2D eigenvalue weighted by atomic mass is 32.2. The number of carboxylic acid groups (broad SMARTS) is 1. The number of unbranched alkanes of at least 4 members (excludes halogenated alkanes) is 2. The van der Waals surface area contributed by atoms with Crippen LogP contribution in [0.3, 0.4) is 0 Å². The molecule has 11 heteroatoms. The number of hydrogen-bond acceptors (Lipinski definition) is 6. The second kappa shape index (κ2) is 12.3. The maximum atomic E-state index is 12.1. The van der Waals surface area contributed by atoms with Gasteiger partial charge >= 0.3 is 12.0 Å². The first-order valence-electron chi connectivity index (χ1n) is 11.7. The van der Waals surface area contributed by atoms with E-state index in [9.17, 15) is 24.3 Å². The van der Waals surface area contributed by atoms with Crippen molar-refractivity contribution in [3.8, 4) is 0 Å². The maximum absolute atomic E-state index is 12.1. The van der Waals surface area contributed by atoms with E-state index in [0.29, 0.717) is 37.5 Å². The van der Waals surface area contributed by atoms with Crippen molar-refractivity contribution in [3.05, 3.63) is 0 Å². The van der Waals surface area contributed by atoms with Gasteiger partial charge in [-0.2, -0.15) is 11.8 Å². The van der Waals surface area contributed by atoms with Gasteiger partial charge in [0.25, 0.3) is 0 Å². The summed E-state index contributed by atoms with van der Waals surface area (Å²) in [5, 5.41) is 24.2. The van der Waals surface area contributed by atoms with Gasteiger partial charge < -0.3 is 31.7 Å². The van der Waals surface area contributed by atoms with Crippen LogP contribution < -0.4 is 26.6 Å². The van der Waals surface area contributed by atoms with Gasteiger partial charge in [-0.15, -0.1) is 0 Å². The fourth-order valence-corrected chi connectivity index (χ4v) is 6.05. The van der Waals surface area contributed by atoms with Crippen LogP contribution in [0.15, 0.2) is 0 Å². The number of aliphatic carboxylic acids is 1. The molecule has 0 saturated carbocycles. The van der Waals surface area contributed by atoms with Crippen LogP contribution in [0.5, 0.6) is 0 Å². The normalized spacial score (nSPS) is 27.3. The lowest BCUT2D eigenvalue weighted by Crippen LogP contribution is -2.48. The third-order valence-electron chi connectivity index (χ3n) is 6.31. The molecule has 0 unspecified atom stereocenters. The van der Waals surface area contributed by atoms with Gasteiger partial charge in [0, 0.05) is 24.0 Å². The predicted molar refractivity (Wildman–Crippen MR) is 121 cm³/mol. The lowest BCUT2D eigenvalue weighted by atomic mass is 10.0. The highest BCUT2D eigenvalue weighted by Crippen LogP contribution is 2.33. The van der Waals surface area contributed by atoms with Gasteiger partial charge in [-0.25, -0.2) is 9.59 Å². The first kappa shape index (κ1) is 24.6. The van der Waals surface area contributed by atoms with E-state index in [0.717, 1.165) is 44.4 Å². The average Bonchev–Trinajstić information content (AvgIpc) is 3.48. The van der Waals surface area contributed by atoms with Crippen LogP contribution in [-0.2, 0) is 14.4 Å². The Balaban J connectivity index is 1.20. The Hall–Kier alpha value is -2.01. The van der Waals surface area contributed by atoms with Crippen molar-refractivity contribution >= 4 is 35.6 Å². The molecule has 0 aromatic heterocycles. The Bertz CT molecular complexity index is 687. The van der Waals surface area contributed by atoms with Crippen LogP contribution in [-0.4, -0.2) is 77.2 Å². The SMILES string of the molecule is O=C(CCCC[C@@H]1SC[C@@H]2NC(=O)N[C@@H]21)NCCCC[C@H](NC(=O)[C@H]1CCCN1)C(=O)O. The smallest absolute Gasteiger partial charge is 0.326 e. The molecule has 3 aliphatic rings. The zero-order chi connectivity index (χ0) is 22.9. The molecular formula is C21H35N5O5S. The summed E-state index contributed by atoms with van der Waals surface area (Å²) in [6.45, 7) is 1.29. The summed E-state index contributed by atoms with van der Waals surface area (Å²) in [6.07, 6.45) is 6.49. The number of rotatable bonds is 13. The minimum Gasteiger partial charge on any atom is -0.480 e. The van der Waals surface area contributed by atoms with Crippen molar-refractivity contribution < 1.29 is 24.3 Å². The Morgan fingerprint density at radius 1 is 1.16 bits per heavy atom. The molecule has 5 atom stereocenters. The van der Waals surface area contributed by atoms with Gasteiger partial charge in [0.2, 0.25) is 11.8 Å². The van der Waals surface area contributed by atoms with Gasteiger partial charge in [0.1, 0.15) is 6.04 Å². The van der Waals surface area contributed by atoms with Crippen molar-refractivity contribution in [1.29, 1.82) is 0 Å². The summed E-state index contributed by atoms with van der Waals surface area (Å²) >= 11 is 1.88. The van der Waals surface area contributed by atoms with Gasteiger partial charge in [-0.1, -0.05) is 6.42 Å². The zero-order valence-electron chi connectivity index (χ0n) is 18.4. The summed E-state index contributed by atoms with van der Waals surface area (Å²) in [5.41, 5.74) is 0. The minimum absolute atomic E-state index is 0.00758. The third-order valence-corrected chi connectivity index (χ3v) is 7.82. The molecule has 10 nitrogen and oxygen atoms in total. The molecule has 180 valence electrons. The summed E-state index contributed by atoms with van der Waals surface area (Å²) in [6, 6.07) is -0.830. The molecule has 4 amide bonds. The third kappa shape index (κ3) is 7.26. The quantitative estimate of drug-likeness (QED) is 0.168. The van der Waals surface area contributed by atoms with Crippen molar-refractivity contribution in [2.24, 2.45) is 0 Å². The summed E-state index contributed by atoms with van der Waals surface area (Å²) < 4.78 is 0. The minimum atomic E-state index is -1.03. The van der Waals surface area contributed by atoms with E-state index in [2.05, 4.69) is 26.6 Å². The molecule has 0 aromatic carbocycles. The van der Waals surface area contributed by atoms with E-state index in [4.69, 9.17) is 0 Å². The van der Waals surface area contributed by atoms with Gasteiger partial charge in [0.15, 0.2) is 0 Å². The van der Waals surface area contributed by atoms with Crippen molar-refractivity contribution in [3.63, 3.8) is 0 Å². The van der Waals surface area contributed by atoms with Crippen molar-refractivity contribution in [2.45, 2.75) is 87.2 Å². The van der Waals surface area contributed by atoms with E-state index >= 15 is 0 Å². The Kier molecular flexibility index (Phi) is 9.46. The van der Waals surface area contributed by atoms with E-state index in [1.54, 1.807) is 0 Å². The topological polar surface area (TPSA) is 149 Å². The summed E-state index contributed by atoms with van der Waals surface area (Å²) in [7, 11) is 0. The number of carbonyl (C=O) groups excluding carboxylic acids is 3. The molecule has 32 heavy (non-hydrogen) atoms. The molecule has 0 bridgehead atoms. The van der Waals surface area contributed by atoms with E-state index in [1.165, 1.54) is 0 Å². The Morgan fingerprint density at radius 3 is 2.75 bits per heavy atom. The first-order valence-corrected chi connectivity index (χ1v) is 12.7. The second-order valence-electron chi connectivity index (χ2n) is 8.76. The number of amides is 4. The second-order valence-corrected chi connectivity index (χ2v) is 10.0. The fraction of sp³-hybridized carbons (Fsp3) is 0.810. The summed E-state index contributed by atoms with van der Waals surface area (Å²) in [5.74, 6) is -0.326. The number of hydrogen-bond donors (Lipinski definition) is 6. The molecule has 3 saturated heterocycles. The lowest BCUT2D eigenvalue weighted by Gasteiger charge is -2.17. The molecular weight excluding hydrogens is 434 g/mol. The van der Waals surface area contributed by atoms with E-state index in [-0.39, 0.29) is 36.0 Å². The van der Waals surface area contributed by atoms with Crippen LogP contribution in [0.1, 0.15) is 57.8 Å². The molecule has 0 spiro atoms. The fourth-order valence-electron chi connectivity index (χ4n) is 4.50. The monoisotopic (exact) mass is 469 g/mol. The number of nitrogens with one attached hydrogen (secondary N) is 5. The average molecular weight is 470 g/mol. The van der Waals surface area contributed by atoms with Crippen LogP contribution in [0.4, 0.5) is 4.79 Å². The van der Waals surface area contributed by atoms with Crippen LogP contribution in [0, 0.1) is 0 Å². The highest BCUT2D eigenvalue weighted by Gasteiger charge is 2.42. The highest BCUT2D eigenvalue weighted by molar-refractivity contribution is 8.00. The Morgan fingerprint density at radius 2 is 2.00 bits per heavy atom. The lowest BCUT2D eigenvalue weighted by molar-refractivity contribution is -0.142. The predicted octanol–water partition coefficient (Wildman–Crippen LogP) is 0.320. The largest absolute Gasteiger partial charge is 0.480 e. The maximum Gasteiger partial charge on any atom is 0.326 e. The van der Waals surface area contributed by atoms with Crippen molar-refractivity contribution in [2.75, 3.05) is 18.8 Å². The molecule has 3 aliphatic heterocycles. The first-order chi connectivity index (χ1) is 15.4. The number of fused-ring (bicyclic) bond motifs is 1. The van der Waals surface area contributed by atoms with Gasteiger partial charge in [-0.05, 0) is 51.5 Å². The summed E-state index contributed by atoms with van der Waals surface area (Å²) in [4.78, 5) is 46.9. The zero-order valence-corrected chi connectivity index (χ0v) is 19.2. The number of carbonyl (C=O) groups is 4. The molecule has 3 rings (SSSR count). The van der Waals surface area contributed by atoms with Gasteiger partial charge in [-0.3, -0.25) is 9.59 Å². The van der Waals surface area contributed by atoms with Crippen LogP contribution >= 0.6 is 11.8 Å². The standard InChI is InChI=1S/C21H35N5O5S/c27-17(9-2-1-8-16-18-15(12-32-16)25-21(31)26-18)23-10-4-3-6-14(20(29)30)24-19(28)13-7-5-11-22-13/h13-16,18,22H,1-12H2,(H,23,27)(H,24,28)(H,29,30)(H2,25,26,31)/t13-,14+,15+,16+,18+/m1/s1. The molecule has 6 N–H and O–H groups in total. The number of carboxylic acids is 1. The van der Waals surface area contributed by atoms with Crippen LogP contribution in [0.2, 0.25) is 0 Å². The van der Waals surface area contributed by atoms with Gasteiger partial charge in [0.05, 0.1) is 18.1 Å². The van der Waals surface area contributed by atoms with E-state index < -0.39 is 12.0 Å². The number of thioether (sulfide) groups is 1. The molecule has 0 radical (unpaired) electrons. The van der Waals surface area contributed by atoms with E-state index in [1.807, 2.05) is 11.8 Å². The molecule has 0 aliphatic carbocycles. The molecule has 3 heterocycles. The molecule has 0 aromatic rings. The number of urea groups is 1. The molecule has 3 fully saturated rings. The van der Waals surface area contributed by atoms with Crippen LogP contribution in [0.25, 0.3) is 0 Å². The Labute approximate surface area is 192 Å².